The maximum Gasteiger partial charge on any atom is 0.472 e. The van der Waals surface area contributed by atoms with Crippen LogP contribution in [-0.2, 0) is 27.9 Å². The van der Waals surface area contributed by atoms with E-state index < -0.39 is 20.0 Å². The highest BCUT2D eigenvalue weighted by molar-refractivity contribution is 7.47. The van der Waals surface area contributed by atoms with Crippen molar-refractivity contribution in [1.82, 2.24) is 5.32 Å². The van der Waals surface area contributed by atoms with Crippen molar-refractivity contribution in [1.29, 1.82) is 0 Å². The first kappa shape index (κ1) is 70.5. The average Bonchev–Trinajstić information content (AvgIpc) is 3.35. The number of carbonyl (C=O) groups excluding carboxylic acids is 2. The van der Waals surface area contributed by atoms with E-state index in [1.807, 2.05) is 33.3 Å². The highest BCUT2D eigenvalue weighted by atomic mass is 31.2. The molecule has 3 atom stereocenters. The second kappa shape index (κ2) is 52.9. The van der Waals surface area contributed by atoms with E-state index in [0.717, 1.165) is 103 Å². The normalized spacial score (nSPS) is 14.2. The van der Waals surface area contributed by atoms with Gasteiger partial charge in [-0.05, 0) is 102 Å². The first-order valence-electron chi connectivity index (χ1n) is 30.3. The van der Waals surface area contributed by atoms with Gasteiger partial charge in [-0.15, -0.1) is 0 Å². The summed E-state index contributed by atoms with van der Waals surface area (Å²) in [5.41, 5.74) is 0. The third-order valence-corrected chi connectivity index (χ3v) is 14.1. The van der Waals surface area contributed by atoms with E-state index in [0.29, 0.717) is 17.4 Å². The Kier molecular flexibility index (Phi) is 51.0. The molecule has 0 aromatic heterocycles. The van der Waals surface area contributed by atoms with E-state index in [2.05, 4.69) is 86.8 Å². The third kappa shape index (κ3) is 54.1. The summed E-state index contributed by atoms with van der Waals surface area (Å²) in [5.74, 6) is -0.529. The molecule has 10 heteroatoms. The number of unbranched alkanes of at least 4 members (excludes halogenated alkanes) is 28. The second-order valence-electron chi connectivity index (χ2n) is 21.5. The number of phosphoric acid groups is 1. The Morgan fingerprint density at radius 3 is 1.27 bits per heavy atom. The van der Waals surface area contributed by atoms with Crippen molar-refractivity contribution >= 4 is 19.7 Å². The van der Waals surface area contributed by atoms with Crippen LogP contribution < -0.4 is 5.32 Å². The predicted octanol–water partition coefficient (Wildman–Crippen LogP) is 18.4. The summed E-state index contributed by atoms with van der Waals surface area (Å²) in [7, 11) is 1.48. The molecule has 0 aliphatic rings. The van der Waals surface area contributed by atoms with Crippen LogP contribution in [0.15, 0.2) is 72.9 Å². The molecule has 0 saturated heterocycles. The number of carbonyl (C=O) groups is 2. The van der Waals surface area contributed by atoms with Gasteiger partial charge in [-0.2, -0.15) is 0 Å². The molecule has 1 amide bonds. The van der Waals surface area contributed by atoms with Gasteiger partial charge in [0.1, 0.15) is 19.3 Å². The Bertz CT molecular complexity index is 1480. The van der Waals surface area contributed by atoms with Crippen LogP contribution in [0.1, 0.15) is 265 Å². The summed E-state index contributed by atoms with van der Waals surface area (Å²) in [4.78, 5) is 37.6. The van der Waals surface area contributed by atoms with Gasteiger partial charge in [0.15, 0.2) is 0 Å². The molecule has 0 spiro atoms. The number of allylic oxidation sites excluding steroid dienone is 11. The van der Waals surface area contributed by atoms with E-state index in [1.165, 1.54) is 128 Å². The number of esters is 1. The van der Waals surface area contributed by atoms with Crippen LogP contribution in [-0.4, -0.2) is 74.3 Å². The number of rotatable bonds is 54. The Labute approximate surface area is 451 Å². The minimum atomic E-state index is -4.45. The number of nitrogens with one attached hydrogen (secondary N) is 1. The number of likely N-dealkylation sites (N-methyl/N-ethyl adjacent to an activating group) is 1. The summed E-state index contributed by atoms with van der Waals surface area (Å²) in [6, 6.07) is -0.860. The Hall–Kier alpha value is -2.55. The number of phosphoric ester groups is 1. The van der Waals surface area contributed by atoms with Gasteiger partial charge in [0.05, 0.1) is 33.8 Å². The topological polar surface area (TPSA) is 111 Å². The minimum Gasteiger partial charge on any atom is -0.456 e. The van der Waals surface area contributed by atoms with Crippen LogP contribution in [0.2, 0.25) is 0 Å². The van der Waals surface area contributed by atoms with Gasteiger partial charge >= 0.3 is 13.8 Å². The highest BCUT2D eigenvalue weighted by Crippen LogP contribution is 2.43. The molecule has 0 saturated carbocycles. The molecule has 9 nitrogen and oxygen atoms in total. The molecule has 0 rings (SSSR count). The van der Waals surface area contributed by atoms with Crippen LogP contribution in [0.5, 0.6) is 0 Å². The lowest BCUT2D eigenvalue weighted by Crippen LogP contribution is -2.47. The highest BCUT2D eigenvalue weighted by Gasteiger charge is 2.30. The zero-order chi connectivity index (χ0) is 53.6. The molecule has 424 valence electrons. The van der Waals surface area contributed by atoms with Gasteiger partial charge < -0.3 is 19.4 Å². The zero-order valence-electron chi connectivity index (χ0n) is 48.4. The SMILES string of the molecule is CCCCC/C=C\C/C=C\C/C=C\CCCCCCCCC(=O)OC(/C=C/CCCCCCCCCCC)C(COP(=O)(O)OCC[N+](C)(C)C)NC(=O)CCCCCCCCC/C=C\C/C=C\CCCCC. The van der Waals surface area contributed by atoms with Crippen molar-refractivity contribution in [2.24, 2.45) is 0 Å². The molecule has 0 aromatic rings. The molecular weight excluding hydrogens is 928 g/mol. The van der Waals surface area contributed by atoms with E-state index in [4.69, 9.17) is 13.8 Å². The summed E-state index contributed by atoms with van der Waals surface area (Å²) in [6.45, 7) is 6.94. The fraction of sp³-hybridized carbons (Fsp3) is 0.778. The Morgan fingerprint density at radius 2 is 0.836 bits per heavy atom. The van der Waals surface area contributed by atoms with Gasteiger partial charge in [-0.25, -0.2) is 4.57 Å². The molecule has 3 unspecified atom stereocenters. The van der Waals surface area contributed by atoms with Gasteiger partial charge in [-0.3, -0.25) is 18.6 Å². The molecule has 0 aromatic carbocycles. The molecule has 2 N–H and O–H groups in total. The monoisotopic (exact) mass is 1040 g/mol. The Balaban J connectivity index is 5.29. The maximum atomic E-state index is 13.5. The molecule has 0 aliphatic heterocycles. The van der Waals surface area contributed by atoms with Crippen molar-refractivity contribution < 1.29 is 37.3 Å². The van der Waals surface area contributed by atoms with Crippen molar-refractivity contribution in [3.8, 4) is 0 Å². The fourth-order valence-corrected chi connectivity index (χ4v) is 9.12. The molecule has 0 fully saturated rings. The van der Waals surface area contributed by atoms with Gasteiger partial charge in [0.25, 0.3) is 0 Å². The molecule has 0 radical (unpaired) electrons. The lowest BCUT2D eigenvalue weighted by Gasteiger charge is -2.27. The summed E-state index contributed by atoms with van der Waals surface area (Å²) < 4.78 is 30.6. The number of ether oxygens (including phenoxy) is 1. The molecule has 0 aliphatic carbocycles. The van der Waals surface area contributed by atoms with Crippen molar-refractivity contribution in [3.05, 3.63) is 72.9 Å². The number of hydrogen-bond acceptors (Lipinski definition) is 6. The van der Waals surface area contributed by atoms with Crippen LogP contribution in [0.3, 0.4) is 0 Å². The van der Waals surface area contributed by atoms with E-state index in [9.17, 15) is 19.0 Å². The Morgan fingerprint density at radius 1 is 0.479 bits per heavy atom. The van der Waals surface area contributed by atoms with Crippen molar-refractivity contribution in [3.63, 3.8) is 0 Å². The molecular formula is C63H116N2O7P+. The number of hydrogen-bond donors (Lipinski definition) is 2. The summed E-state index contributed by atoms with van der Waals surface area (Å²) in [5, 5.41) is 3.04. The van der Waals surface area contributed by atoms with Crippen LogP contribution in [0.4, 0.5) is 0 Å². The summed E-state index contributed by atoms with van der Waals surface area (Å²) >= 11 is 0. The van der Waals surface area contributed by atoms with Gasteiger partial charge in [-0.1, -0.05) is 222 Å². The molecule has 0 heterocycles. The second-order valence-corrected chi connectivity index (χ2v) is 23.0. The van der Waals surface area contributed by atoms with Crippen LogP contribution in [0, 0.1) is 0 Å². The van der Waals surface area contributed by atoms with Crippen molar-refractivity contribution in [2.45, 2.75) is 277 Å². The average molecular weight is 1040 g/mol. The molecule has 0 bridgehead atoms. The largest absolute Gasteiger partial charge is 0.472 e. The van der Waals surface area contributed by atoms with Crippen LogP contribution in [0.25, 0.3) is 0 Å². The zero-order valence-corrected chi connectivity index (χ0v) is 49.3. The van der Waals surface area contributed by atoms with Gasteiger partial charge in [0, 0.05) is 12.8 Å². The lowest BCUT2D eigenvalue weighted by molar-refractivity contribution is -0.870. The van der Waals surface area contributed by atoms with Crippen LogP contribution >= 0.6 is 7.82 Å². The quantitative estimate of drug-likeness (QED) is 0.0205. The standard InChI is InChI=1S/C63H115N2O7P/c1-7-10-13-16-19-22-25-27-29-31-32-34-36-38-41-44-47-50-53-56-63(67)72-61(54-51-48-45-42-39-24-21-18-15-12-9-3)60(59-71-73(68,69)70-58-57-65(4,5)6)64-62(66)55-52-49-46-43-40-37-35-33-30-28-26-23-20-17-14-11-8-2/h19-20,22-23,27-30,32,34,51,54,60-61H,7-18,21,24-26,31,33,35-50,52-53,55-59H2,1-6H3,(H-,64,66,68,69)/p+1/b22-19-,23-20-,29-27-,30-28-,34-32-,54-51+. The van der Waals surface area contributed by atoms with Gasteiger partial charge in [0.2, 0.25) is 5.91 Å². The molecule has 73 heavy (non-hydrogen) atoms. The smallest absolute Gasteiger partial charge is 0.456 e. The number of amides is 1. The van der Waals surface area contributed by atoms with E-state index >= 15 is 0 Å². The number of nitrogens with zero attached hydrogens (tertiary/aromatic N) is 1. The lowest BCUT2D eigenvalue weighted by atomic mass is 10.1. The number of quaternary nitrogens is 1. The first-order valence-corrected chi connectivity index (χ1v) is 31.8. The summed E-state index contributed by atoms with van der Waals surface area (Å²) in [6.07, 6.45) is 67.5. The van der Waals surface area contributed by atoms with Crippen molar-refractivity contribution in [2.75, 3.05) is 40.9 Å². The minimum absolute atomic E-state index is 0.0339. The van der Waals surface area contributed by atoms with E-state index in [-0.39, 0.29) is 31.5 Å². The maximum absolute atomic E-state index is 13.5. The fourth-order valence-electron chi connectivity index (χ4n) is 8.39. The first-order chi connectivity index (χ1) is 35.4. The van der Waals surface area contributed by atoms with E-state index in [1.54, 1.807) is 0 Å². The predicted molar refractivity (Wildman–Crippen MR) is 314 cm³/mol. The third-order valence-electron chi connectivity index (χ3n) is 13.1.